The minimum atomic E-state index is -2.50. The lowest BCUT2D eigenvalue weighted by Crippen LogP contribution is -2.35. The third-order valence-corrected chi connectivity index (χ3v) is 6.08. The van der Waals surface area contributed by atoms with Crippen LogP contribution in [0.15, 0.2) is 12.1 Å². The van der Waals surface area contributed by atoms with Gasteiger partial charge in [-0.15, -0.1) is 0 Å². The van der Waals surface area contributed by atoms with Crippen molar-refractivity contribution in [1.29, 1.82) is 0 Å². The fraction of sp³-hybridized carbons (Fsp3) is 0.583. The first-order valence-electron chi connectivity index (χ1n) is 11.3. The number of benzene rings is 1. The molecule has 0 radical (unpaired) electrons. The molecule has 0 saturated heterocycles. The van der Waals surface area contributed by atoms with Crippen LogP contribution in [0.5, 0.6) is 0 Å². The zero-order valence-electron chi connectivity index (χ0n) is 19.5. The Morgan fingerprint density at radius 2 is 1.84 bits per heavy atom. The number of anilines is 2. The SMILES string of the molecule is CC.CC(=O)N1CCc2c(c(N3CCCc4cc(C)c(C(F)F)cc43)nn2C(C)C)C1. The Bertz CT molecular complexity index is 952. The Labute approximate surface area is 184 Å². The number of carbonyl (C=O) groups excluding carboxylic acids is 1. The van der Waals surface area contributed by atoms with Gasteiger partial charge in [0.05, 0.1) is 6.54 Å². The molecule has 0 saturated carbocycles. The number of amides is 1. The molecule has 0 atom stereocenters. The maximum atomic E-state index is 13.6. The van der Waals surface area contributed by atoms with Crippen LogP contribution in [0.4, 0.5) is 20.3 Å². The first-order valence-corrected chi connectivity index (χ1v) is 11.3. The maximum Gasteiger partial charge on any atom is 0.264 e. The molecule has 170 valence electrons. The van der Waals surface area contributed by atoms with E-state index in [0.29, 0.717) is 18.7 Å². The van der Waals surface area contributed by atoms with Gasteiger partial charge in [0, 0.05) is 55.0 Å². The van der Waals surface area contributed by atoms with Crippen molar-refractivity contribution >= 4 is 17.4 Å². The first-order chi connectivity index (χ1) is 14.8. The van der Waals surface area contributed by atoms with Crippen LogP contribution in [0.2, 0.25) is 0 Å². The van der Waals surface area contributed by atoms with Gasteiger partial charge in [-0.1, -0.05) is 19.9 Å². The number of hydrogen-bond donors (Lipinski definition) is 0. The van der Waals surface area contributed by atoms with Crippen LogP contribution in [-0.4, -0.2) is 33.7 Å². The summed E-state index contributed by atoms with van der Waals surface area (Å²) in [5.74, 6) is 0.859. The normalized spacial score (nSPS) is 15.5. The van der Waals surface area contributed by atoms with Crippen molar-refractivity contribution in [1.82, 2.24) is 14.7 Å². The fourth-order valence-electron chi connectivity index (χ4n) is 4.57. The summed E-state index contributed by atoms with van der Waals surface area (Å²) in [6, 6.07) is 3.73. The zero-order valence-corrected chi connectivity index (χ0v) is 19.5. The van der Waals surface area contributed by atoms with E-state index >= 15 is 0 Å². The molecule has 0 bridgehead atoms. The van der Waals surface area contributed by atoms with Crippen molar-refractivity contribution in [2.24, 2.45) is 0 Å². The molecule has 2 aromatic rings. The highest BCUT2D eigenvalue weighted by atomic mass is 19.3. The summed E-state index contributed by atoms with van der Waals surface area (Å²) < 4.78 is 29.2. The van der Waals surface area contributed by atoms with E-state index in [1.807, 2.05) is 29.5 Å². The smallest absolute Gasteiger partial charge is 0.264 e. The molecule has 0 fully saturated rings. The molecule has 0 aliphatic carbocycles. The number of aryl methyl sites for hydroxylation is 2. The summed E-state index contributed by atoms with van der Waals surface area (Å²) in [5, 5.41) is 4.92. The molecule has 3 heterocycles. The van der Waals surface area contributed by atoms with Crippen molar-refractivity contribution in [3.63, 3.8) is 0 Å². The van der Waals surface area contributed by atoms with Crippen LogP contribution >= 0.6 is 0 Å². The predicted molar refractivity (Wildman–Crippen MR) is 120 cm³/mol. The minimum Gasteiger partial charge on any atom is -0.338 e. The van der Waals surface area contributed by atoms with Crippen LogP contribution in [0.25, 0.3) is 0 Å². The van der Waals surface area contributed by atoms with Gasteiger partial charge in [0.1, 0.15) is 0 Å². The number of fused-ring (bicyclic) bond motifs is 2. The van der Waals surface area contributed by atoms with E-state index < -0.39 is 6.43 Å². The highest BCUT2D eigenvalue weighted by Gasteiger charge is 2.32. The standard InChI is InChI=1S/C22H28F2N4O.C2H6/c1-13(2)28-19-7-9-26(15(4)29)12-18(19)22(25-28)27-8-5-6-16-10-14(3)17(21(23)24)11-20(16)27;1-2/h10-11,13,21H,5-9,12H2,1-4H3;1-2H3. The van der Waals surface area contributed by atoms with Crippen LogP contribution in [-0.2, 0) is 24.2 Å². The molecule has 0 spiro atoms. The largest absolute Gasteiger partial charge is 0.338 e. The number of nitrogens with zero attached hydrogens (tertiary/aromatic N) is 4. The summed E-state index contributed by atoms with van der Waals surface area (Å²) in [6.07, 6.45) is 0.0828. The second kappa shape index (κ2) is 9.37. The molecule has 1 aromatic heterocycles. The van der Waals surface area contributed by atoms with Crippen molar-refractivity contribution < 1.29 is 13.6 Å². The highest BCUT2D eigenvalue weighted by molar-refractivity contribution is 5.75. The lowest BCUT2D eigenvalue weighted by Gasteiger charge is -2.33. The predicted octanol–water partition coefficient (Wildman–Crippen LogP) is 5.73. The molecule has 2 aliphatic rings. The monoisotopic (exact) mass is 432 g/mol. The number of hydrogen-bond acceptors (Lipinski definition) is 3. The molecule has 0 unspecified atom stereocenters. The number of rotatable bonds is 3. The number of aromatic nitrogens is 2. The summed E-state index contributed by atoms with van der Waals surface area (Å²) in [4.78, 5) is 15.9. The van der Waals surface area contributed by atoms with Crippen molar-refractivity contribution in [3.8, 4) is 0 Å². The fourth-order valence-corrected chi connectivity index (χ4v) is 4.57. The van der Waals surface area contributed by atoms with E-state index in [9.17, 15) is 13.6 Å². The van der Waals surface area contributed by atoms with E-state index in [2.05, 4.69) is 18.7 Å². The van der Waals surface area contributed by atoms with Gasteiger partial charge >= 0.3 is 0 Å². The molecular weight excluding hydrogens is 398 g/mol. The zero-order chi connectivity index (χ0) is 22.9. The molecule has 4 rings (SSSR count). The van der Waals surface area contributed by atoms with E-state index in [1.54, 1.807) is 19.9 Å². The van der Waals surface area contributed by atoms with E-state index in [1.165, 1.54) is 0 Å². The third-order valence-electron chi connectivity index (χ3n) is 6.08. The Hall–Kier alpha value is -2.44. The van der Waals surface area contributed by atoms with Gasteiger partial charge in [0.25, 0.3) is 6.43 Å². The lowest BCUT2D eigenvalue weighted by atomic mass is 9.95. The van der Waals surface area contributed by atoms with Gasteiger partial charge in [0.15, 0.2) is 5.82 Å². The summed E-state index contributed by atoms with van der Waals surface area (Å²) in [6.45, 7) is 13.5. The van der Waals surface area contributed by atoms with Gasteiger partial charge in [0.2, 0.25) is 5.91 Å². The summed E-state index contributed by atoms with van der Waals surface area (Å²) in [5.41, 5.74) is 4.84. The first kappa shape index (κ1) is 23.2. The van der Waals surface area contributed by atoms with E-state index in [4.69, 9.17) is 5.10 Å². The van der Waals surface area contributed by atoms with Crippen molar-refractivity contribution in [2.75, 3.05) is 18.0 Å². The second-order valence-corrected chi connectivity index (χ2v) is 8.37. The number of alkyl halides is 2. The summed E-state index contributed by atoms with van der Waals surface area (Å²) in [7, 11) is 0. The molecule has 2 aliphatic heterocycles. The Morgan fingerprint density at radius 3 is 2.45 bits per heavy atom. The van der Waals surface area contributed by atoms with Crippen LogP contribution in [0, 0.1) is 6.92 Å². The molecule has 31 heavy (non-hydrogen) atoms. The Kier molecular flexibility index (Phi) is 7.02. The van der Waals surface area contributed by atoms with Crippen molar-refractivity contribution in [3.05, 3.63) is 40.1 Å². The van der Waals surface area contributed by atoms with Crippen LogP contribution in [0.3, 0.4) is 0 Å². The molecule has 0 N–H and O–H groups in total. The van der Waals surface area contributed by atoms with Gasteiger partial charge in [-0.2, -0.15) is 5.10 Å². The van der Waals surface area contributed by atoms with Gasteiger partial charge in [-0.25, -0.2) is 8.78 Å². The van der Waals surface area contributed by atoms with E-state index in [0.717, 1.165) is 54.1 Å². The highest BCUT2D eigenvalue weighted by Crippen LogP contribution is 2.40. The van der Waals surface area contributed by atoms with Crippen LogP contribution < -0.4 is 4.90 Å². The topological polar surface area (TPSA) is 41.4 Å². The summed E-state index contributed by atoms with van der Waals surface area (Å²) >= 11 is 0. The third kappa shape index (κ3) is 4.32. The lowest BCUT2D eigenvalue weighted by molar-refractivity contribution is -0.129. The quantitative estimate of drug-likeness (QED) is 0.622. The number of halogens is 2. The average Bonchev–Trinajstić information content (AvgIpc) is 3.13. The Morgan fingerprint density at radius 1 is 1.13 bits per heavy atom. The van der Waals surface area contributed by atoms with Gasteiger partial charge in [-0.05, 0) is 50.8 Å². The maximum absolute atomic E-state index is 13.6. The molecule has 7 heteroatoms. The average molecular weight is 433 g/mol. The van der Waals surface area contributed by atoms with Crippen molar-refractivity contribution in [2.45, 2.75) is 79.8 Å². The van der Waals surface area contributed by atoms with E-state index in [-0.39, 0.29) is 17.5 Å². The molecular formula is C24H34F2N4O. The van der Waals surface area contributed by atoms with Gasteiger partial charge < -0.3 is 9.80 Å². The van der Waals surface area contributed by atoms with Crippen LogP contribution in [0.1, 0.15) is 81.5 Å². The second-order valence-electron chi connectivity index (χ2n) is 8.37. The van der Waals surface area contributed by atoms with Gasteiger partial charge in [-0.3, -0.25) is 9.48 Å². The molecule has 5 nitrogen and oxygen atoms in total. The minimum absolute atomic E-state index is 0.0496. The molecule has 1 aromatic carbocycles. The Balaban J connectivity index is 0.00000132. The number of carbonyl (C=O) groups is 1. The molecule has 1 amide bonds.